The van der Waals surface area contributed by atoms with Gasteiger partial charge in [-0.25, -0.2) is 4.79 Å². The van der Waals surface area contributed by atoms with E-state index in [4.69, 9.17) is 20.9 Å². The van der Waals surface area contributed by atoms with Crippen LogP contribution in [0.3, 0.4) is 0 Å². The molecule has 0 saturated carbocycles. The maximum atomic E-state index is 12.0. The average molecular weight is 361 g/mol. The number of ether oxygens (including phenoxy) is 1. The molecule has 0 aliphatic rings. The Labute approximate surface area is 147 Å². The van der Waals surface area contributed by atoms with E-state index in [1.54, 1.807) is 31.2 Å². The molecule has 0 aliphatic carbocycles. The van der Waals surface area contributed by atoms with E-state index in [0.717, 1.165) is 0 Å². The fourth-order valence-corrected chi connectivity index (χ4v) is 2.21. The first kappa shape index (κ1) is 16.8. The van der Waals surface area contributed by atoms with Gasteiger partial charge in [-0.15, -0.1) is 0 Å². The first-order valence-corrected chi connectivity index (χ1v) is 7.60. The monoisotopic (exact) mass is 360 g/mol. The Kier molecular flexibility index (Phi) is 4.58. The van der Waals surface area contributed by atoms with Gasteiger partial charge in [-0.2, -0.15) is 4.98 Å². The van der Waals surface area contributed by atoms with Crippen LogP contribution >= 0.6 is 11.6 Å². The highest BCUT2D eigenvalue weighted by molar-refractivity contribution is 6.30. The third kappa shape index (κ3) is 3.56. The van der Waals surface area contributed by atoms with Crippen molar-refractivity contribution >= 4 is 17.6 Å². The van der Waals surface area contributed by atoms with Gasteiger partial charge in [0.05, 0.1) is 0 Å². The number of esters is 1. The Hall–Kier alpha value is -3.06. The molecule has 0 spiro atoms. The van der Waals surface area contributed by atoms with E-state index >= 15 is 0 Å². The Bertz CT molecular complexity index is 921. The molecule has 3 aromatic rings. The standard InChI is InChI=1S/C17H13ClN2O5/c1-9-2-7-12(15(22)14(9)21)17(23)24-8-13-19-16(20-25-13)10-3-5-11(18)6-4-10/h2-7,21-22H,8H2,1H3. The molecule has 0 saturated heterocycles. The summed E-state index contributed by atoms with van der Waals surface area (Å²) >= 11 is 5.82. The minimum atomic E-state index is -0.820. The van der Waals surface area contributed by atoms with Crippen molar-refractivity contribution in [2.24, 2.45) is 0 Å². The summed E-state index contributed by atoms with van der Waals surface area (Å²) in [7, 11) is 0. The summed E-state index contributed by atoms with van der Waals surface area (Å²) in [6.07, 6.45) is 0. The Morgan fingerprint density at radius 3 is 2.60 bits per heavy atom. The van der Waals surface area contributed by atoms with E-state index in [9.17, 15) is 15.0 Å². The van der Waals surface area contributed by atoms with Crippen molar-refractivity contribution in [3.63, 3.8) is 0 Å². The minimum absolute atomic E-state index is 0.0918. The van der Waals surface area contributed by atoms with E-state index in [-0.39, 0.29) is 23.8 Å². The number of halogens is 1. The van der Waals surface area contributed by atoms with Crippen LogP contribution in [-0.2, 0) is 11.3 Å². The molecule has 8 heteroatoms. The highest BCUT2D eigenvalue weighted by atomic mass is 35.5. The third-order valence-corrected chi connectivity index (χ3v) is 3.72. The van der Waals surface area contributed by atoms with Gasteiger partial charge in [0.15, 0.2) is 18.1 Å². The number of phenols is 2. The molecule has 0 unspecified atom stereocenters. The van der Waals surface area contributed by atoms with Crippen molar-refractivity contribution in [2.75, 3.05) is 0 Å². The number of hydrogen-bond donors (Lipinski definition) is 2. The zero-order chi connectivity index (χ0) is 18.0. The Morgan fingerprint density at radius 2 is 1.88 bits per heavy atom. The summed E-state index contributed by atoms with van der Waals surface area (Å²) in [5, 5.41) is 23.9. The molecule has 128 valence electrons. The molecule has 2 N–H and O–H groups in total. The molecule has 0 aliphatic heterocycles. The van der Waals surface area contributed by atoms with Gasteiger partial charge in [0, 0.05) is 10.6 Å². The topological polar surface area (TPSA) is 106 Å². The summed E-state index contributed by atoms with van der Waals surface area (Å²) in [5.74, 6) is -1.29. The third-order valence-electron chi connectivity index (χ3n) is 3.47. The van der Waals surface area contributed by atoms with Gasteiger partial charge in [-0.1, -0.05) is 22.8 Å². The first-order valence-electron chi connectivity index (χ1n) is 7.23. The van der Waals surface area contributed by atoms with Gasteiger partial charge in [0.25, 0.3) is 5.89 Å². The van der Waals surface area contributed by atoms with Gasteiger partial charge in [0.1, 0.15) is 5.56 Å². The highest BCUT2D eigenvalue weighted by Gasteiger charge is 2.18. The fourth-order valence-electron chi connectivity index (χ4n) is 2.08. The molecule has 1 aromatic heterocycles. The summed E-state index contributed by atoms with van der Waals surface area (Å²) in [6.45, 7) is 1.33. The summed E-state index contributed by atoms with van der Waals surface area (Å²) in [4.78, 5) is 16.1. The maximum absolute atomic E-state index is 12.0. The van der Waals surface area contributed by atoms with Crippen LogP contribution < -0.4 is 0 Å². The fraction of sp³-hybridized carbons (Fsp3) is 0.118. The number of aryl methyl sites for hydroxylation is 1. The molecular weight excluding hydrogens is 348 g/mol. The molecule has 0 bridgehead atoms. The van der Waals surface area contributed by atoms with Crippen LogP contribution in [0.15, 0.2) is 40.9 Å². The van der Waals surface area contributed by atoms with Crippen LogP contribution in [0.25, 0.3) is 11.4 Å². The Balaban J connectivity index is 1.69. The second-order valence-electron chi connectivity index (χ2n) is 5.22. The number of benzene rings is 2. The van der Waals surface area contributed by atoms with Crippen molar-refractivity contribution in [3.8, 4) is 22.9 Å². The van der Waals surface area contributed by atoms with Crippen molar-refractivity contribution in [3.05, 3.63) is 58.4 Å². The van der Waals surface area contributed by atoms with Gasteiger partial charge in [-0.3, -0.25) is 0 Å². The largest absolute Gasteiger partial charge is 0.504 e. The van der Waals surface area contributed by atoms with Gasteiger partial charge in [-0.05, 0) is 42.8 Å². The van der Waals surface area contributed by atoms with Crippen LogP contribution in [0.4, 0.5) is 0 Å². The number of aromatic nitrogens is 2. The number of nitrogens with zero attached hydrogens (tertiary/aromatic N) is 2. The molecule has 0 radical (unpaired) electrons. The average Bonchev–Trinajstić information content (AvgIpc) is 3.07. The summed E-state index contributed by atoms with van der Waals surface area (Å²) < 4.78 is 10.1. The SMILES string of the molecule is Cc1ccc(C(=O)OCc2nc(-c3ccc(Cl)cc3)no2)c(O)c1O. The van der Waals surface area contributed by atoms with E-state index in [1.165, 1.54) is 12.1 Å². The van der Waals surface area contributed by atoms with E-state index in [2.05, 4.69) is 10.1 Å². The molecule has 0 atom stereocenters. The number of carbonyl (C=O) groups is 1. The van der Waals surface area contributed by atoms with Crippen molar-refractivity contribution in [1.82, 2.24) is 10.1 Å². The number of hydrogen-bond acceptors (Lipinski definition) is 7. The lowest BCUT2D eigenvalue weighted by atomic mass is 10.1. The summed E-state index contributed by atoms with van der Waals surface area (Å²) in [6, 6.07) is 9.71. The molecule has 25 heavy (non-hydrogen) atoms. The lowest BCUT2D eigenvalue weighted by Crippen LogP contribution is -2.06. The van der Waals surface area contributed by atoms with Crippen LogP contribution in [0.2, 0.25) is 5.02 Å². The first-order chi connectivity index (χ1) is 12.0. The zero-order valence-electron chi connectivity index (χ0n) is 13.1. The predicted molar refractivity (Wildman–Crippen MR) is 88.4 cm³/mol. The maximum Gasteiger partial charge on any atom is 0.342 e. The van der Waals surface area contributed by atoms with E-state index < -0.39 is 11.7 Å². The number of carbonyl (C=O) groups excluding carboxylic acids is 1. The minimum Gasteiger partial charge on any atom is -0.504 e. The van der Waals surface area contributed by atoms with Crippen molar-refractivity contribution in [2.45, 2.75) is 13.5 Å². The van der Waals surface area contributed by atoms with Gasteiger partial charge in [0.2, 0.25) is 5.82 Å². The number of aromatic hydroxyl groups is 2. The zero-order valence-corrected chi connectivity index (χ0v) is 13.8. The van der Waals surface area contributed by atoms with Crippen LogP contribution in [0, 0.1) is 6.92 Å². The molecule has 1 heterocycles. The van der Waals surface area contributed by atoms with E-state index in [1.807, 2.05) is 0 Å². The normalized spacial score (nSPS) is 10.6. The Morgan fingerprint density at radius 1 is 1.16 bits per heavy atom. The van der Waals surface area contributed by atoms with Crippen LogP contribution in [-0.4, -0.2) is 26.3 Å². The molecule has 2 aromatic carbocycles. The lowest BCUT2D eigenvalue weighted by Gasteiger charge is -2.07. The second-order valence-corrected chi connectivity index (χ2v) is 5.66. The number of phenolic OH excluding ortho intramolecular Hbond substituents is 2. The predicted octanol–water partition coefficient (Wildman–Crippen LogP) is 3.47. The quantitative estimate of drug-likeness (QED) is 0.542. The van der Waals surface area contributed by atoms with Gasteiger partial charge < -0.3 is 19.5 Å². The highest BCUT2D eigenvalue weighted by Crippen LogP contribution is 2.32. The molecule has 0 fully saturated rings. The van der Waals surface area contributed by atoms with Crippen LogP contribution in [0.5, 0.6) is 11.5 Å². The molecule has 7 nitrogen and oxygen atoms in total. The molecule has 3 rings (SSSR count). The molecular formula is C17H13ClN2O5. The van der Waals surface area contributed by atoms with Crippen molar-refractivity contribution in [1.29, 1.82) is 0 Å². The molecule has 0 amide bonds. The van der Waals surface area contributed by atoms with Crippen molar-refractivity contribution < 1.29 is 24.3 Å². The van der Waals surface area contributed by atoms with Gasteiger partial charge >= 0.3 is 5.97 Å². The smallest absolute Gasteiger partial charge is 0.342 e. The van der Waals surface area contributed by atoms with Crippen LogP contribution in [0.1, 0.15) is 21.8 Å². The van der Waals surface area contributed by atoms with E-state index in [0.29, 0.717) is 22.0 Å². The number of rotatable bonds is 4. The lowest BCUT2D eigenvalue weighted by molar-refractivity contribution is 0.0426. The second kappa shape index (κ2) is 6.82. The summed E-state index contributed by atoms with van der Waals surface area (Å²) in [5.41, 5.74) is 0.992.